The van der Waals surface area contributed by atoms with E-state index in [2.05, 4.69) is 4.98 Å². The summed E-state index contributed by atoms with van der Waals surface area (Å²) in [6, 6.07) is 10.6. The summed E-state index contributed by atoms with van der Waals surface area (Å²) in [5, 5.41) is 0. The maximum Gasteiger partial charge on any atom is 0.336 e. The van der Waals surface area contributed by atoms with Crippen molar-refractivity contribution in [2.24, 2.45) is 0 Å². The molecule has 0 fully saturated rings. The van der Waals surface area contributed by atoms with Gasteiger partial charge in [-0.15, -0.1) is 11.3 Å². The number of nitrogens with zero attached hydrogens (tertiary/aromatic N) is 1. The van der Waals surface area contributed by atoms with E-state index in [4.69, 9.17) is 0 Å². The van der Waals surface area contributed by atoms with Crippen molar-refractivity contribution in [3.8, 4) is 0 Å². The van der Waals surface area contributed by atoms with Gasteiger partial charge in [-0.25, -0.2) is 9.20 Å². The zero-order valence-corrected chi connectivity index (χ0v) is 10.4. The molecule has 0 aliphatic carbocycles. The Balaban J connectivity index is 2.39. The monoisotopic (exact) mass is 272 g/mol. The van der Waals surface area contributed by atoms with Crippen molar-refractivity contribution in [3.63, 3.8) is 0 Å². The van der Waals surface area contributed by atoms with E-state index in [1.165, 1.54) is 6.07 Å². The van der Waals surface area contributed by atoms with Crippen LogP contribution in [0.2, 0.25) is 0 Å². The summed E-state index contributed by atoms with van der Waals surface area (Å²) >= 11 is 1.12. The highest BCUT2D eigenvalue weighted by Gasteiger charge is 2.06. The Bertz CT molecular complexity index is 967. The van der Waals surface area contributed by atoms with Crippen molar-refractivity contribution in [2.45, 2.75) is 0 Å². The molecule has 2 heterocycles. The van der Waals surface area contributed by atoms with Crippen molar-refractivity contribution >= 4 is 22.2 Å². The number of hydrogen-bond donors (Lipinski definition) is 1. The van der Waals surface area contributed by atoms with Crippen LogP contribution < -0.4 is 21.3 Å². The molecule has 0 aliphatic rings. The van der Waals surface area contributed by atoms with E-state index in [9.17, 15) is 14.4 Å². The molecule has 1 aromatic carbocycles. The zero-order valence-electron chi connectivity index (χ0n) is 9.62. The fraction of sp³-hybridized carbons (Fsp3) is 0. The van der Waals surface area contributed by atoms with Gasteiger partial charge in [-0.1, -0.05) is 30.3 Å². The third-order valence-electron chi connectivity index (χ3n) is 2.63. The molecule has 3 rings (SSSR count). The van der Waals surface area contributed by atoms with Crippen LogP contribution in [0.25, 0.3) is 10.9 Å². The minimum Gasteiger partial charge on any atom is -0.274 e. The summed E-state index contributed by atoms with van der Waals surface area (Å²) in [7, 11) is 0. The zero-order chi connectivity index (χ0) is 13.4. The van der Waals surface area contributed by atoms with Gasteiger partial charge in [0.15, 0.2) is 0 Å². The van der Waals surface area contributed by atoms with E-state index in [1.807, 2.05) is 30.3 Å². The van der Waals surface area contributed by atoms with Crippen molar-refractivity contribution in [3.05, 3.63) is 77.7 Å². The predicted octanol–water partition coefficient (Wildman–Crippen LogP) is -0.0428. The first-order valence-corrected chi connectivity index (χ1v) is 6.32. The number of aromatic nitrogens is 2. The summed E-state index contributed by atoms with van der Waals surface area (Å²) in [5.74, 6) is 0. The van der Waals surface area contributed by atoms with Crippen LogP contribution in [0.1, 0.15) is 5.56 Å². The predicted molar refractivity (Wildman–Crippen MR) is 73.7 cm³/mol. The highest BCUT2D eigenvalue weighted by atomic mass is 32.1. The fourth-order valence-electron chi connectivity index (χ4n) is 1.80. The minimum atomic E-state index is -0.698. The molecule has 5 nitrogen and oxygen atoms in total. The Morgan fingerprint density at radius 1 is 1.11 bits per heavy atom. The first-order valence-electron chi connectivity index (χ1n) is 5.51. The fourth-order valence-corrected chi connectivity index (χ4v) is 2.82. The lowest BCUT2D eigenvalue weighted by Crippen LogP contribution is -2.34. The number of thiazole rings is 1. The van der Waals surface area contributed by atoms with Crippen LogP contribution in [0, 0.1) is 0 Å². The lowest BCUT2D eigenvalue weighted by atomic mass is 10.2. The molecule has 0 atom stereocenters. The van der Waals surface area contributed by atoms with Crippen molar-refractivity contribution in [1.29, 1.82) is 0 Å². The number of fused-ring (bicyclic) bond motifs is 1. The summed E-state index contributed by atoms with van der Waals surface area (Å²) in [5.41, 5.74) is -0.746. The Morgan fingerprint density at radius 2 is 1.84 bits per heavy atom. The number of nitrogens with one attached hydrogen (secondary N) is 1. The summed E-state index contributed by atoms with van der Waals surface area (Å²) in [6.45, 7) is 0. The third kappa shape index (κ3) is 2.02. The number of aromatic amines is 1. The van der Waals surface area contributed by atoms with Crippen LogP contribution >= 0.6 is 11.3 Å². The molecule has 0 amide bonds. The van der Waals surface area contributed by atoms with Gasteiger partial charge in [-0.3, -0.25) is 14.6 Å². The van der Waals surface area contributed by atoms with Crippen LogP contribution in [0.3, 0.4) is 0 Å². The van der Waals surface area contributed by atoms with E-state index in [-0.39, 0.29) is 0 Å². The summed E-state index contributed by atoms with van der Waals surface area (Å²) < 4.78 is 1.39. The molecule has 0 aliphatic heterocycles. The third-order valence-corrected chi connectivity index (χ3v) is 3.66. The van der Waals surface area contributed by atoms with Gasteiger partial charge < -0.3 is 0 Å². The van der Waals surface area contributed by atoms with Crippen LogP contribution in [0.5, 0.6) is 0 Å². The molecule has 3 aromatic rings. The molecule has 0 spiro atoms. The first-order chi connectivity index (χ1) is 9.15. The quantitative estimate of drug-likeness (QED) is 0.675. The smallest absolute Gasteiger partial charge is 0.274 e. The van der Waals surface area contributed by atoms with Crippen LogP contribution in [-0.4, -0.2) is 9.38 Å². The SMILES string of the molecule is O=c1cc2s/c(=C/c3ccccc3)c(=O)n2c(=O)[nH]1. The Morgan fingerprint density at radius 3 is 2.58 bits per heavy atom. The standard InChI is InChI=1S/C13H8N2O3S/c16-10-7-11-15(13(18)14-10)12(17)9(19-11)6-8-4-2-1-3-5-8/h1-7H,(H,14,16,18)/b9-6+. The van der Waals surface area contributed by atoms with Crippen LogP contribution in [0.15, 0.2) is 50.8 Å². The molecule has 2 aromatic heterocycles. The van der Waals surface area contributed by atoms with Crippen LogP contribution in [0.4, 0.5) is 0 Å². The second-order valence-corrected chi connectivity index (χ2v) is 5.00. The molecular weight excluding hydrogens is 264 g/mol. The van der Waals surface area contributed by atoms with Gasteiger partial charge >= 0.3 is 5.69 Å². The highest BCUT2D eigenvalue weighted by Crippen LogP contribution is 2.01. The average molecular weight is 272 g/mol. The van der Waals surface area contributed by atoms with Gasteiger partial charge in [-0.2, -0.15) is 0 Å². The van der Waals surface area contributed by atoms with Crippen molar-refractivity contribution < 1.29 is 0 Å². The summed E-state index contributed by atoms with van der Waals surface area (Å²) in [4.78, 5) is 37.3. The molecule has 0 unspecified atom stereocenters. The van der Waals surface area contributed by atoms with Crippen molar-refractivity contribution in [1.82, 2.24) is 9.38 Å². The van der Waals surface area contributed by atoms with E-state index in [0.717, 1.165) is 21.3 Å². The number of rotatable bonds is 1. The molecule has 94 valence electrons. The summed E-state index contributed by atoms with van der Waals surface area (Å²) in [6.07, 6.45) is 1.70. The Labute approximate surface area is 110 Å². The lowest BCUT2D eigenvalue weighted by molar-refractivity contribution is 0.952. The van der Waals surface area contributed by atoms with Crippen molar-refractivity contribution in [2.75, 3.05) is 0 Å². The molecule has 19 heavy (non-hydrogen) atoms. The van der Waals surface area contributed by atoms with E-state index >= 15 is 0 Å². The van der Waals surface area contributed by atoms with Gasteiger partial charge in [0.2, 0.25) is 0 Å². The second-order valence-electron chi connectivity index (χ2n) is 3.94. The minimum absolute atomic E-state index is 0.348. The second kappa shape index (κ2) is 4.33. The average Bonchev–Trinajstić information content (AvgIpc) is 2.67. The van der Waals surface area contributed by atoms with E-state index in [1.54, 1.807) is 6.08 Å². The maximum absolute atomic E-state index is 12.1. The molecule has 0 bridgehead atoms. The van der Waals surface area contributed by atoms with Gasteiger partial charge in [0, 0.05) is 6.07 Å². The van der Waals surface area contributed by atoms with E-state index < -0.39 is 16.8 Å². The first kappa shape index (κ1) is 11.6. The Hall–Kier alpha value is -2.47. The molecular formula is C13H8N2O3S. The van der Waals surface area contributed by atoms with Gasteiger partial charge in [0.25, 0.3) is 11.1 Å². The highest BCUT2D eigenvalue weighted by molar-refractivity contribution is 7.15. The number of hydrogen-bond acceptors (Lipinski definition) is 4. The van der Waals surface area contributed by atoms with Gasteiger partial charge in [0.1, 0.15) is 4.83 Å². The molecule has 0 saturated heterocycles. The molecule has 0 radical (unpaired) electrons. The lowest BCUT2D eigenvalue weighted by Gasteiger charge is -1.87. The largest absolute Gasteiger partial charge is 0.336 e. The van der Waals surface area contributed by atoms with Crippen LogP contribution in [-0.2, 0) is 0 Å². The molecule has 1 N–H and O–H groups in total. The van der Waals surface area contributed by atoms with Gasteiger partial charge in [0.05, 0.1) is 4.53 Å². The van der Waals surface area contributed by atoms with E-state index in [0.29, 0.717) is 9.36 Å². The normalized spacial score (nSPS) is 12.1. The topological polar surface area (TPSA) is 71.4 Å². The molecule has 0 saturated carbocycles. The Kier molecular flexibility index (Phi) is 2.64. The van der Waals surface area contributed by atoms with Gasteiger partial charge in [-0.05, 0) is 11.6 Å². The maximum atomic E-state index is 12.1. The number of benzene rings is 1. The molecule has 6 heteroatoms. The number of H-pyrrole nitrogens is 1.